The van der Waals surface area contributed by atoms with Gasteiger partial charge in [0.2, 0.25) is 0 Å². The van der Waals surface area contributed by atoms with Crippen LogP contribution in [0.5, 0.6) is 11.5 Å². The van der Waals surface area contributed by atoms with Gasteiger partial charge in [0.1, 0.15) is 11.5 Å². The molecule has 0 fully saturated rings. The minimum atomic E-state index is -4.21. The Balaban J connectivity index is 2.36. The minimum absolute atomic E-state index is 0.456. The summed E-state index contributed by atoms with van der Waals surface area (Å²) < 4.78 is 47.9. The van der Waals surface area contributed by atoms with E-state index in [1.165, 1.54) is 7.11 Å². The predicted molar refractivity (Wildman–Crippen MR) is 71.7 cm³/mol. The summed E-state index contributed by atoms with van der Waals surface area (Å²) in [6.45, 7) is 0.942. The fourth-order valence-corrected chi connectivity index (χ4v) is 3.07. The van der Waals surface area contributed by atoms with Crippen LogP contribution in [0.15, 0.2) is 11.0 Å². The van der Waals surface area contributed by atoms with Crippen LogP contribution in [0, 0.1) is 0 Å². The number of methoxy groups -OCH3 is 1. The maximum atomic E-state index is 12.4. The Morgan fingerprint density at radius 1 is 1.45 bits per heavy atom. The average molecular weight is 307 g/mol. The van der Waals surface area contributed by atoms with Crippen LogP contribution in [0.4, 0.5) is 13.2 Å². The number of benzene rings is 1. The summed E-state index contributed by atoms with van der Waals surface area (Å²) in [5.74, 6) is 0.204. The topological polar surface area (TPSA) is 44.5 Å². The number of thioether (sulfide) groups is 1. The van der Waals surface area contributed by atoms with Crippen molar-refractivity contribution in [2.45, 2.75) is 23.9 Å². The van der Waals surface area contributed by atoms with E-state index in [2.05, 4.69) is 0 Å². The van der Waals surface area contributed by atoms with E-state index in [1.807, 2.05) is 0 Å². The first-order chi connectivity index (χ1) is 9.46. The molecule has 0 bridgehead atoms. The van der Waals surface area contributed by atoms with Gasteiger partial charge in [0.05, 0.1) is 24.4 Å². The molecule has 0 aliphatic carbocycles. The van der Waals surface area contributed by atoms with Crippen molar-refractivity contribution in [3.8, 4) is 11.5 Å². The fourth-order valence-electron chi connectivity index (χ4n) is 2.25. The lowest BCUT2D eigenvalue weighted by molar-refractivity contribution is -0.105. The largest absolute Gasteiger partial charge is 0.496 e. The van der Waals surface area contributed by atoms with Gasteiger partial charge >= 0.3 is 6.18 Å². The number of alkyl halides is 3. The van der Waals surface area contributed by atoms with Gasteiger partial charge in [0.15, 0.2) is 0 Å². The molecule has 7 heteroatoms. The monoisotopic (exact) mass is 307 g/mol. The predicted octanol–water partition coefficient (Wildman–Crippen LogP) is 2.79. The van der Waals surface area contributed by atoms with E-state index < -0.39 is 11.9 Å². The zero-order valence-corrected chi connectivity index (χ0v) is 11.9. The standard InChI is InChI=1S/C13H16F3NO2S/c1-18-10-6-11(20-7-13(14,15)16)12-9(3-5-19-12)8(10)2-4-17/h6H,2-5,7,17H2,1H3. The molecular formula is C13H16F3NO2S. The Morgan fingerprint density at radius 2 is 2.20 bits per heavy atom. The lowest BCUT2D eigenvalue weighted by atomic mass is 10.0. The van der Waals surface area contributed by atoms with Gasteiger partial charge in [-0.3, -0.25) is 0 Å². The number of rotatable bonds is 5. The van der Waals surface area contributed by atoms with Gasteiger partial charge in [-0.1, -0.05) is 0 Å². The Bertz CT molecular complexity index is 491. The van der Waals surface area contributed by atoms with E-state index in [9.17, 15) is 13.2 Å². The molecule has 1 aromatic carbocycles. The second-order valence-electron chi connectivity index (χ2n) is 4.40. The average Bonchev–Trinajstić information content (AvgIpc) is 2.86. The van der Waals surface area contributed by atoms with Gasteiger partial charge in [0, 0.05) is 17.5 Å². The van der Waals surface area contributed by atoms with Gasteiger partial charge in [-0.05, 0) is 19.0 Å². The van der Waals surface area contributed by atoms with Crippen molar-refractivity contribution in [1.82, 2.24) is 0 Å². The van der Waals surface area contributed by atoms with Crippen molar-refractivity contribution >= 4 is 11.8 Å². The first-order valence-corrected chi connectivity index (χ1v) is 7.20. The van der Waals surface area contributed by atoms with E-state index in [0.29, 0.717) is 42.4 Å². The third kappa shape index (κ3) is 3.32. The number of ether oxygens (including phenoxy) is 2. The molecule has 3 nitrogen and oxygen atoms in total. The van der Waals surface area contributed by atoms with Crippen LogP contribution in [0.3, 0.4) is 0 Å². The molecule has 0 saturated carbocycles. The molecule has 2 rings (SSSR count). The third-order valence-electron chi connectivity index (χ3n) is 3.03. The van der Waals surface area contributed by atoms with Crippen molar-refractivity contribution in [3.63, 3.8) is 0 Å². The van der Waals surface area contributed by atoms with Gasteiger partial charge in [-0.15, -0.1) is 11.8 Å². The van der Waals surface area contributed by atoms with Gasteiger partial charge in [-0.2, -0.15) is 13.2 Å². The Hall–Kier alpha value is -1.08. The minimum Gasteiger partial charge on any atom is -0.496 e. The molecule has 0 unspecified atom stereocenters. The Kier molecular flexibility index (Phi) is 4.70. The van der Waals surface area contributed by atoms with Crippen LogP contribution in [0.2, 0.25) is 0 Å². The van der Waals surface area contributed by atoms with Crippen molar-refractivity contribution in [2.24, 2.45) is 5.73 Å². The first kappa shape index (κ1) is 15.3. The quantitative estimate of drug-likeness (QED) is 0.850. The lowest BCUT2D eigenvalue weighted by Crippen LogP contribution is -2.11. The number of halogens is 3. The zero-order valence-electron chi connectivity index (χ0n) is 11.0. The number of hydrogen-bond acceptors (Lipinski definition) is 4. The van der Waals surface area contributed by atoms with E-state index in [-0.39, 0.29) is 0 Å². The molecule has 1 aromatic rings. The molecule has 2 N–H and O–H groups in total. The summed E-state index contributed by atoms with van der Waals surface area (Å²) in [7, 11) is 1.51. The fraction of sp³-hybridized carbons (Fsp3) is 0.538. The smallest absolute Gasteiger partial charge is 0.398 e. The highest BCUT2D eigenvalue weighted by Gasteiger charge is 2.30. The molecule has 20 heavy (non-hydrogen) atoms. The summed E-state index contributed by atoms with van der Waals surface area (Å²) in [4.78, 5) is 0.479. The van der Waals surface area contributed by atoms with E-state index in [1.54, 1.807) is 6.07 Å². The van der Waals surface area contributed by atoms with Crippen LogP contribution >= 0.6 is 11.8 Å². The molecule has 1 heterocycles. The number of fused-ring (bicyclic) bond motifs is 1. The highest BCUT2D eigenvalue weighted by Crippen LogP contribution is 2.44. The number of hydrogen-bond donors (Lipinski definition) is 1. The summed E-state index contributed by atoms with van der Waals surface area (Å²) in [5, 5.41) is 0. The maximum absolute atomic E-state index is 12.4. The molecule has 1 aliphatic heterocycles. The first-order valence-electron chi connectivity index (χ1n) is 6.21. The maximum Gasteiger partial charge on any atom is 0.398 e. The second kappa shape index (κ2) is 6.13. The Labute approximate surface area is 119 Å². The van der Waals surface area contributed by atoms with E-state index >= 15 is 0 Å². The summed E-state index contributed by atoms with van der Waals surface area (Å²) >= 11 is 0.728. The molecule has 0 aromatic heterocycles. The highest BCUT2D eigenvalue weighted by molar-refractivity contribution is 7.99. The summed E-state index contributed by atoms with van der Waals surface area (Å²) in [5.41, 5.74) is 7.46. The molecule has 0 atom stereocenters. The van der Waals surface area contributed by atoms with Crippen molar-refractivity contribution < 1.29 is 22.6 Å². The molecular weight excluding hydrogens is 291 g/mol. The van der Waals surface area contributed by atoms with Gasteiger partial charge in [0.25, 0.3) is 0 Å². The van der Waals surface area contributed by atoms with Gasteiger partial charge in [-0.25, -0.2) is 0 Å². The van der Waals surface area contributed by atoms with E-state index in [4.69, 9.17) is 15.2 Å². The van der Waals surface area contributed by atoms with E-state index in [0.717, 1.165) is 22.9 Å². The van der Waals surface area contributed by atoms with Gasteiger partial charge < -0.3 is 15.2 Å². The van der Waals surface area contributed by atoms with Crippen LogP contribution in [-0.4, -0.2) is 32.2 Å². The SMILES string of the molecule is COc1cc(SCC(F)(F)F)c2c(c1CCN)CCO2. The zero-order chi connectivity index (χ0) is 14.8. The lowest BCUT2D eigenvalue weighted by Gasteiger charge is -2.16. The van der Waals surface area contributed by atoms with Crippen molar-refractivity contribution in [2.75, 3.05) is 26.0 Å². The van der Waals surface area contributed by atoms with Crippen LogP contribution in [0.1, 0.15) is 11.1 Å². The van der Waals surface area contributed by atoms with Crippen LogP contribution in [-0.2, 0) is 12.8 Å². The summed E-state index contributed by atoms with van der Waals surface area (Å²) in [6, 6.07) is 1.62. The van der Waals surface area contributed by atoms with Crippen molar-refractivity contribution in [1.29, 1.82) is 0 Å². The second-order valence-corrected chi connectivity index (χ2v) is 5.42. The van der Waals surface area contributed by atoms with Crippen LogP contribution < -0.4 is 15.2 Å². The normalized spacial score (nSPS) is 14.1. The Morgan fingerprint density at radius 3 is 2.80 bits per heavy atom. The number of nitrogens with two attached hydrogens (primary N) is 1. The molecule has 0 saturated heterocycles. The third-order valence-corrected chi connectivity index (χ3v) is 4.11. The molecule has 0 spiro atoms. The molecule has 0 radical (unpaired) electrons. The highest BCUT2D eigenvalue weighted by atomic mass is 32.2. The molecule has 112 valence electrons. The van der Waals surface area contributed by atoms with Crippen molar-refractivity contribution in [3.05, 3.63) is 17.2 Å². The molecule has 0 amide bonds. The molecule has 1 aliphatic rings. The summed E-state index contributed by atoms with van der Waals surface area (Å²) in [6.07, 6.45) is -2.90. The van der Waals surface area contributed by atoms with Crippen LogP contribution in [0.25, 0.3) is 0 Å².